The molecular formula is C23H25N3S2. The molecule has 1 unspecified atom stereocenters. The summed E-state index contributed by atoms with van der Waals surface area (Å²) in [6.45, 7) is 2.39. The summed E-state index contributed by atoms with van der Waals surface area (Å²) in [4.78, 5) is 10.9. The Balaban J connectivity index is 1.34. The molecule has 3 aliphatic heterocycles. The minimum atomic E-state index is 0.605. The third kappa shape index (κ3) is 3.59. The van der Waals surface area contributed by atoms with Gasteiger partial charge in [-0.1, -0.05) is 24.3 Å². The van der Waals surface area contributed by atoms with E-state index in [-0.39, 0.29) is 0 Å². The Morgan fingerprint density at radius 1 is 1.21 bits per heavy atom. The quantitative estimate of drug-likeness (QED) is 0.697. The molecule has 144 valence electrons. The normalized spacial score (nSPS) is 22.5. The summed E-state index contributed by atoms with van der Waals surface area (Å²) >= 11 is 3.64. The van der Waals surface area contributed by atoms with E-state index in [1.54, 1.807) is 11.3 Å². The molecule has 1 aromatic heterocycles. The fourth-order valence-electron chi connectivity index (χ4n) is 4.37. The van der Waals surface area contributed by atoms with Gasteiger partial charge in [-0.3, -0.25) is 0 Å². The average Bonchev–Trinajstić information content (AvgIpc) is 3.41. The summed E-state index contributed by atoms with van der Waals surface area (Å²) in [5.74, 6) is 1.09. The van der Waals surface area contributed by atoms with Crippen molar-refractivity contribution >= 4 is 23.1 Å². The predicted molar refractivity (Wildman–Crippen MR) is 120 cm³/mol. The fourth-order valence-corrected chi connectivity index (χ4v) is 6.00. The predicted octanol–water partition coefficient (Wildman–Crippen LogP) is 5.16. The molecule has 0 radical (unpaired) electrons. The second-order valence-electron chi connectivity index (χ2n) is 7.78. The van der Waals surface area contributed by atoms with Gasteiger partial charge in [0.2, 0.25) is 0 Å². The van der Waals surface area contributed by atoms with Crippen LogP contribution in [0.25, 0.3) is 11.3 Å². The van der Waals surface area contributed by atoms with Gasteiger partial charge in [-0.05, 0) is 56.1 Å². The number of thiazole rings is 1. The van der Waals surface area contributed by atoms with Gasteiger partial charge in [-0.15, -0.1) is 23.1 Å². The number of fused-ring (bicyclic) bond motifs is 1. The summed E-state index contributed by atoms with van der Waals surface area (Å²) < 4.78 is 0. The van der Waals surface area contributed by atoms with E-state index < -0.39 is 0 Å². The van der Waals surface area contributed by atoms with E-state index in [1.165, 1.54) is 46.7 Å². The van der Waals surface area contributed by atoms with Crippen molar-refractivity contribution in [1.29, 1.82) is 0 Å². The number of allylic oxidation sites excluding steroid dienone is 2. The van der Waals surface area contributed by atoms with Gasteiger partial charge >= 0.3 is 0 Å². The van der Waals surface area contributed by atoms with Crippen molar-refractivity contribution < 1.29 is 0 Å². The summed E-state index contributed by atoms with van der Waals surface area (Å²) in [5.41, 5.74) is 8.43. The van der Waals surface area contributed by atoms with Gasteiger partial charge in [0.1, 0.15) is 0 Å². The maximum absolute atomic E-state index is 4.41. The number of likely N-dealkylation sites (N-methyl/N-ethyl adjacent to an activating group) is 1. The van der Waals surface area contributed by atoms with Gasteiger partial charge in [0.25, 0.3) is 0 Å². The highest BCUT2D eigenvalue weighted by Crippen LogP contribution is 2.42. The SMILES string of the molecule is CN1CCCC(N2C=CC(Cc3ccc(-c4cscn4)cc3)=C3SCC=C32)C1. The molecule has 1 fully saturated rings. The minimum Gasteiger partial charge on any atom is -0.343 e. The van der Waals surface area contributed by atoms with Crippen LogP contribution in [0.4, 0.5) is 0 Å². The monoisotopic (exact) mass is 407 g/mol. The topological polar surface area (TPSA) is 19.4 Å². The first kappa shape index (κ1) is 18.2. The lowest BCUT2D eigenvalue weighted by Crippen LogP contribution is -2.44. The number of benzene rings is 1. The van der Waals surface area contributed by atoms with Crippen molar-refractivity contribution in [3.63, 3.8) is 0 Å². The van der Waals surface area contributed by atoms with E-state index in [9.17, 15) is 0 Å². The zero-order valence-electron chi connectivity index (χ0n) is 16.2. The van der Waals surface area contributed by atoms with Gasteiger partial charge in [0.15, 0.2) is 0 Å². The number of piperidine rings is 1. The minimum absolute atomic E-state index is 0.605. The van der Waals surface area contributed by atoms with Gasteiger partial charge in [-0.2, -0.15) is 0 Å². The molecule has 1 atom stereocenters. The van der Waals surface area contributed by atoms with E-state index in [0.29, 0.717) is 6.04 Å². The first-order valence-electron chi connectivity index (χ1n) is 9.97. The molecule has 0 amide bonds. The number of nitrogens with zero attached hydrogens (tertiary/aromatic N) is 3. The standard InChI is InChI=1S/C23H25N3S2/c1-25-10-2-3-20(14-25)26-11-8-19(23-22(26)9-12-28-23)13-17-4-6-18(7-5-17)21-15-27-16-24-21/h4-9,11,15-16,20H,2-3,10,12-14H2,1H3. The third-order valence-corrected chi connectivity index (χ3v) is 7.49. The summed E-state index contributed by atoms with van der Waals surface area (Å²) in [7, 11) is 2.25. The van der Waals surface area contributed by atoms with Gasteiger partial charge < -0.3 is 9.80 Å². The van der Waals surface area contributed by atoms with Crippen molar-refractivity contribution in [2.75, 3.05) is 25.9 Å². The summed E-state index contributed by atoms with van der Waals surface area (Å²) in [6, 6.07) is 9.51. The molecule has 3 nitrogen and oxygen atoms in total. The Kier molecular flexibility index (Phi) is 5.14. The number of rotatable bonds is 4. The molecule has 4 heterocycles. The maximum Gasteiger partial charge on any atom is 0.0811 e. The number of hydrogen-bond acceptors (Lipinski definition) is 5. The number of thioether (sulfide) groups is 1. The molecule has 1 aromatic carbocycles. The summed E-state index contributed by atoms with van der Waals surface area (Å²) in [6.07, 6.45) is 10.7. The van der Waals surface area contributed by atoms with E-state index >= 15 is 0 Å². The van der Waals surface area contributed by atoms with E-state index in [0.717, 1.165) is 24.4 Å². The van der Waals surface area contributed by atoms with Crippen LogP contribution in [0.15, 0.2) is 69.7 Å². The molecule has 0 N–H and O–H groups in total. The molecular weight excluding hydrogens is 382 g/mol. The molecule has 1 saturated heterocycles. The van der Waals surface area contributed by atoms with Crippen LogP contribution in [0.2, 0.25) is 0 Å². The van der Waals surface area contributed by atoms with Crippen molar-refractivity contribution in [2.45, 2.75) is 25.3 Å². The molecule has 0 spiro atoms. The van der Waals surface area contributed by atoms with Crippen LogP contribution in [0.1, 0.15) is 18.4 Å². The first-order valence-corrected chi connectivity index (χ1v) is 11.9. The van der Waals surface area contributed by atoms with Crippen LogP contribution in [0.5, 0.6) is 0 Å². The number of hydrogen-bond donors (Lipinski definition) is 0. The Morgan fingerprint density at radius 2 is 2.11 bits per heavy atom. The van der Waals surface area contributed by atoms with E-state index in [4.69, 9.17) is 0 Å². The first-order chi connectivity index (χ1) is 13.8. The number of likely N-dealkylation sites (tertiary alicyclic amines) is 1. The lowest BCUT2D eigenvalue weighted by atomic mass is 9.98. The molecule has 3 aliphatic rings. The second-order valence-corrected chi connectivity index (χ2v) is 9.53. The smallest absolute Gasteiger partial charge is 0.0811 e. The number of aromatic nitrogens is 1. The maximum atomic E-state index is 4.41. The molecule has 0 aliphatic carbocycles. The molecule has 2 aromatic rings. The Labute approximate surface area is 175 Å². The van der Waals surface area contributed by atoms with Crippen molar-refractivity contribution in [2.24, 2.45) is 0 Å². The fraction of sp³-hybridized carbons (Fsp3) is 0.348. The van der Waals surface area contributed by atoms with Crippen molar-refractivity contribution in [1.82, 2.24) is 14.8 Å². The van der Waals surface area contributed by atoms with Crippen LogP contribution in [-0.2, 0) is 6.42 Å². The molecule has 28 heavy (non-hydrogen) atoms. The molecule has 0 bridgehead atoms. The lowest BCUT2D eigenvalue weighted by molar-refractivity contribution is 0.174. The van der Waals surface area contributed by atoms with Gasteiger partial charge in [0.05, 0.1) is 16.9 Å². The molecule has 0 saturated carbocycles. The van der Waals surface area contributed by atoms with Crippen LogP contribution in [-0.4, -0.2) is 46.7 Å². The third-order valence-electron chi connectivity index (χ3n) is 5.81. The van der Waals surface area contributed by atoms with Gasteiger partial charge in [0, 0.05) is 40.4 Å². The van der Waals surface area contributed by atoms with Crippen LogP contribution in [0, 0.1) is 0 Å². The Hall–Kier alpha value is -1.82. The Bertz CT molecular complexity index is 925. The largest absolute Gasteiger partial charge is 0.343 e. The molecule has 5 heteroatoms. The average molecular weight is 408 g/mol. The highest BCUT2D eigenvalue weighted by atomic mass is 32.2. The van der Waals surface area contributed by atoms with E-state index in [1.807, 2.05) is 17.3 Å². The zero-order valence-corrected chi connectivity index (χ0v) is 17.8. The second kappa shape index (κ2) is 7.90. The highest BCUT2D eigenvalue weighted by Gasteiger charge is 2.30. The van der Waals surface area contributed by atoms with Crippen molar-refractivity contribution in [3.05, 3.63) is 75.2 Å². The van der Waals surface area contributed by atoms with Crippen LogP contribution in [0.3, 0.4) is 0 Å². The van der Waals surface area contributed by atoms with Crippen molar-refractivity contribution in [3.8, 4) is 11.3 Å². The van der Waals surface area contributed by atoms with Crippen LogP contribution >= 0.6 is 23.1 Å². The summed E-state index contributed by atoms with van der Waals surface area (Å²) in [5, 5.41) is 2.10. The zero-order chi connectivity index (χ0) is 18.9. The van der Waals surface area contributed by atoms with Crippen LogP contribution < -0.4 is 0 Å². The van der Waals surface area contributed by atoms with E-state index in [2.05, 4.69) is 69.8 Å². The highest BCUT2D eigenvalue weighted by molar-refractivity contribution is 8.03. The molecule has 5 rings (SSSR count). The lowest BCUT2D eigenvalue weighted by Gasteiger charge is -2.40. The Morgan fingerprint density at radius 3 is 2.89 bits per heavy atom. The van der Waals surface area contributed by atoms with Gasteiger partial charge in [-0.25, -0.2) is 4.98 Å².